The third kappa shape index (κ3) is 4.43. The third-order valence-electron chi connectivity index (χ3n) is 5.63. The van der Waals surface area contributed by atoms with Gasteiger partial charge in [0.25, 0.3) is 0 Å². The smallest absolute Gasteiger partial charge is 0.376 e. The summed E-state index contributed by atoms with van der Waals surface area (Å²) in [6, 6.07) is 7.49. The zero-order valence-corrected chi connectivity index (χ0v) is 17.0. The van der Waals surface area contributed by atoms with Crippen LogP contribution < -0.4 is 10.2 Å². The Hall–Kier alpha value is -2.88. The van der Waals surface area contributed by atoms with Gasteiger partial charge in [0, 0.05) is 42.9 Å². The van der Waals surface area contributed by atoms with Crippen LogP contribution in [-0.2, 0) is 40.1 Å². The van der Waals surface area contributed by atoms with Crippen molar-refractivity contribution in [3.8, 4) is 0 Å². The Kier molecular flexibility index (Phi) is 5.74. The first kappa shape index (κ1) is 21.4. The van der Waals surface area contributed by atoms with Gasteiger partial charge in [-0.15, -0.1) is 0 Å². The molecule has 0 spiro atoms. The minimum Gasteiger partial charge on any atom is -0.376 e. The van der Waals surface area contributed by atoms with Crippen LogP contribution in [0.4, 0.5) is 18.9 Å². The zero-order chi connectivity index (χ0) is 22.2. The normalized spacial score (nSPS) is 18.9. The molecule has 1 atom stereocenters. The van der Waals surface area contributed by atoms with Crippen LogP contribution in [-0.4, -0.2) is 41.3 Å². The molecule has 1 unspecified atom stereocenters. The summed E-state index contributed by atoms with van der Waals surface area (Å²) >= 11 is 0. The lowest BCUT2D eigenvalue weighted by Crippen LogP contribution is -2.35. The van der Waals surface area contributed by atoms with Crippen molar-refractivity contribution in [2.24, 2.45) is 5.92 Å². The van der Waals surface area contributed by atoms with Gasteiger partial charge in [0.05, 0.1) is 25.7 Å². The summed E-state index contributed by atoms with van der Waals surface area (Å²) in [5.74, 6) is -0.914. The summed E-state index contributed by atoms with van der Waals surface area (Å²) in [5.41, 5.74) is 1.46. The van der Waals surface area contributed by atoms with Crippen LogP contribution in [0.1, 0.15) is 28.9 Å². The van der Waals surface area contributed by atoms with Crippen molar-refractivity contribution in [1.82, 2.24) is 15.1 Å². The Balaban J connectivity index is 1.36. The van der Waals surface area contributed by atoms with Crippen LogP contribution in [0.15, 0.2) is 24.3 Å². The minimum atomic E-state index is -4.55. The fourth-order valence-electron chi connectivity index (χ4n) is 4.01. The van der Waals surface area contributed by atoms with Crippen LogP contribution >= 0.6 is 0 Å². The Labute approximate surface area is 177 Å². The highest BCUT2D eigenvalue weighted by Gasteiger charge is 2.40. The molecule has 0 aliphatic carbocycles. The number of hydrogen-bond acceptors (Lipinski definition) is 4. The van der Waals surface area contributed by atoms with Crippen molar-refractivity contribution in [3.05, 3.63) is 46.8 Å². The summed E-state index contributed by atoms with van der Waals surface area (Å²) < 4.78 is 46.2. The summed E-state index contributed by atoms with van der Waals surface area (Å²) in [7, 11) is 0. The van der Waals surface area contributed by atoms with E-state index in [4.69, 9.17) is 4.74 Å². The number of ether oxygens (including phenoxy) is 1. The van der Waals surface area contributed by atoms with Crippen molar-refractivity contribution in [1.29, 1.82) is 0 Å². The van der Waals surface area contributed by atoms with Gasteiger partial charge >= 0.3 is 6.18 Å². The Morgan fingerprint density at radius 2 is 2.03 bits per heavy atom. The first-order valence-electron chi connectivity index (χ1n) is 10.1. The summed E-state index contributed by atoms with van der Waals surface area (Å²) in [6.07, 6.45) is -4.11. The van der Waals surface area contributed by atoms with Gasteiger partial charge in [-0.2, -0.15) is 18.3 Å². The number of rotatable bonds is 5. The third-order valence-corrected chi connectivity index (χ3v) is 5.63. The minimum absolute atomic E-state index is 0.0696. The predicted octanol–water partition coefficient (Wildman–Crippen LogP) is 2.45. The fourth-order valence-corrected chi connectivity index (χ4v) is 4.01. The number of nitrogens with zero attached hydrogens (tertiary/aromatic N) is 3. The SMILES string of the molecule is Cc1ccc(N2CC(C(=O)NCCn3nc(C(F)(F)F)c4c3CCOC4)CC2=O)cc1. The van der Waals surface area contributed by atoms with E-state index in [1.807, 2.05) is 31.2 Å². The van der Waals surface area contributed by atoms with Crippen molar-refractivity contribution in [2.45, 2.75) is 39.1 Å². The number of benzene rings is 1. The number of fused-ring (bicyclic) bond motifs is 1. The van der Waals surface area contributed by atoms with Gasteiger partial charge in [-0.3, -0.25) is 14.3 Å². The van der Waals surface area contributed by atoms with Crippen molar-refractivity contribution in [3.63, 3.8) is 0 Å². The standard InChI is InChI=1S/C21H23F3N4O3/c1-13-2-4-15(5-3-13)27-11-14(10-18(27)29)20(30)25-7-8-28-17-6-9-31-12-16(17)19(26-28)21(22,23)24/h2-5,14H,6-12H2,1H3,(H,25,30). The molecule has 3 heterocycles. The van der Waals surface area contributed by atoms with Crippen molar-refractivity contribution in [2.75, 3.05) is 24.6 Å². The Morgan fingerprint density at radius 3 is 2.74 bits per heavy atom. The van der Waals surface area contributed by atoms with E-state index in [-0.39, 0.29) is 50.0 Å². The number of amides is 2. The van der Waals surface area contributed by atoms with Crippen LogP contribution in [0, 0.1) is 12.8 Å². The number of nitrogens with one attached hydrogen (secondary N) is 1. The molecule has 31 heavy (non-hydrogen) atoms. The monoisotopic (exact) mass is 436 g/mol. The summed E-state index contributed by atoms with van der Waals surface area (Å²) in [4.78, 5) is 26.5. The second-order valence-electron chi connectivity index (χ2n) is 7.83. The molecular weight excluding hydrogens is 413 g/mol. The van der Waals surface area contributed by atoms with Crippen LogP contribution in [0.2, 0.25) is 0 Å². The maximum atomic E-state index is 13.2. The van der Waals surface area contributed by atoms with Crippen molar-refractivity contribution >= 4 is 17.5 Å². The Bertz CT molecular complexity index is 985. The average molecular weight is 436 g/mol. The quantitative estimate of drug-likeness (QED) is 0.781. The molecule has 1 aromatic heterocycles. The van der Waals surface area contributed by atoms with E-state index >= 15 is 0 Å². The molecule has 1 fully saturated rings. The lowest BCUT2D eigenvalue weighted by Gasteiger charge is -2.17. The van der Waals surface area contributed by atoms with Gasteiger partial charge in [-0.05, 0) is 19.1 Å². The number of carbonyl (C=O) groups excluding carboxylic acids is 2. The second-order valence-corrected chi connectivity index (χ2v) is 7.83. The number of aryl methyl sites for hydroxylation is 1. The van der Waals surface area contributed by atoms with E-state index in [0.717, 1.165) is 11.3 Å². The number of aromatic nitrogens is 2. The summed E-state index contributed by atoms with van der Waals surface area (Å²) in [5, 5.41) is 6.46. The van der Waals surface area contributed by atoms with Gasteiger partial charge in [0.2, 0.25) is 11.8 Å². The van der Waals surface area contributed by atoms with Gasteiger partial charge in [0.1, 0.15) is 0 Å². The first-order chi connectivity index (χ1) is 14.7. The zero-order valence-electron chi connectivity index (χ0n) is 17.0. The molecule has 166 valence electrons. The number of alkyl halides is 3. The Morgan fingerprint density at radius 1 is 1.29 bits per heavy atom. The maximum absolute atomic E-state index is 13.2. The largest absolute Gasteiger partial charge is 0.435 e. The van der Waals surface area contributed by atoms with Crippen LogP contribution in [0.5, 0.6) is 0 Å². The highest BCUT2D eigenvalue weighted by Crippen LogP contribution is 2.34. The van der Waals surface area contributed by atoms with E-state index in [1.54, 1.807) is 4.90 Å². The second kappa shape index (κ2) is 8.33. The maximum Gasteiger partial charge on any atom is 0.435 e. The molecule has 4 rings (SSSR count). The highest BCUT2D eigenvalue weighted by molar-refractivity contribution is 6.00. The van der Waals surface area contributed by atoms with E-state index in [9.17, 15) is 22.8 Å². The topological polar surface area (TPSA) is 76.5 Å². The van der Waals surface area contributed by atoms with E-state index in [2.05, 4.69) is 10.4 Å². The van der Waals surface area contributed by atoms with E-state index in [1.165, 1.54) is 4.68 Å². The molecule has 0 bridgehead atoms. The van der Waals surface area contributed by atoms with Gasteiger partial charge in [-0.1, -0.05) is 17.7 Å². The molecule has 0 saturated carbocycles. The molecule has 0 radical (unpaired) electrons. The number of carbonyl (C=O) groups is 2. The molecule has 2 aromatic rings. The number of halogens is 3. The van der Waals surface area contributed by atoms with Gasteiger partial charge < -0.3 is 15.0 Å². The lowest BCUT2D eigenvalue weighted by molar-refractivity contribution is -0.142. The van der Waals surface area contributed by atoms with E-state index in [0.29, 0.717) is 18.7 Å². The molecule has 1 aromatic carbocycles. The number of hydrogen-bond donors (Lipinski definition) is 1. The molecule has 2 amide bonds. The van der Waals surface area contributed by atoms with E-state index < -0.39 is 17.8 Å². The molecule has 1 saturated heterocycles. The van der Waals surface area contributed by atoms with Crippen molar-refractivity contribution < 1.29 is 27.5 Å². The molecule has 2 aliphatic heterocycles. The first-order valence-corrected chi connectivity index (χ1v) is 10.1. The molecule has 7 nitrogen and oxygen atoms in total. The molecular formula is C21H23F3N4O3. The molecule has 2 aliphatic rings. The number of anilines is 1. The fraction of sp³-hybridized carbons (Fsp3) is 0.476. The average Bonchev–Trinajstić information content (AvgIpc) is 3.30. The predicted molar refractivity (Wildman–Crippen MR) is 105 cm³/mol. The lowest BCUT2D eigenvalue weighted by atomic mass is 10.1. The van der Waals surface area contributed by atoms with Crippen LogP contribution in [0.25, 0.3) is 0 Å². The van der Waals surface area contributed by atoms with Crippen LogP contribution in [0.3, 0.4) is 0 Å². The van der Waals surface area contributed by atoms with Gasteiger partial charge in [0.15, 0.2) is 5.69 Å². The summed E-state index contributed by atoms with van der Waals surface area (Å²) in [6.45, 7) is 2.69. The molecule has 1 N–H and O–H groups in total. The highest BCUT2D eigenvalue weighted by atomic mass is 19.4. The van der Waals surface area contributed by atoms with Gasteiger partial charge in [-0.25, -0.2) is 0 Å². The molecule has 10 heteroatoms.